The SMILES string of the molecule is Cn1cc(S(=O)(=O)Nc2cccc(Cl)c2Br)cn1. The van der Waals surface area contributed by atoms with Crippen molar-refractivity contribution >= 4 is 43.2 Å². The Hall–Kier alpha value is -1.05. The average molecular weight is 351 g/mol. The molecule has 0 radical (unpaired) electrons. The van der Waals surface area contributed by atoms with Crippen LogP contribution in [0.15, 0.2) is 40.0 Å². The molecule has 0 amide bonds. The smallest absolute Gasteiger partial charge is 0.265 e. The molecule has 0 spiro atoms. The first-order valence-corrected chi connectivity index (χ1v) is 7.51. The molecule has 18 heavy (non-hydrogen) atoms. The van der Waals surface area contributed by atoms with Gasteiger partial charge in [-0.3, -0.25) is 9.40 Å². The van der Waals surface area contributed by atoms with Crippen LogP contribution in [0.2, 0.25) is 5.02 Å². The molecule has 0 saturated carbocycles. The zero-order chi connectivity index (χ0) is 13.3. The number of nitrogens with zero attached hydrogens (tertiary/aromatic N) is 2. The van der Waals surface area contributed by atoms with Gasteiger partial charge in [0, 0.05) is 13.2 Å². The van der Waals surface area contributed by atoms with E-state index in [-0.39, 0.29) is 4.90 Å². The monoisotopic (exact) mass is 349 g/mol. The minimum Gasteiger partial charge on any atom is -0.278 e. The van der Waals surface area contributed by atoms with Crippen molar-refractivity contribution in [3.8, 4) is 0 Å². The molecule has 0 bridgehead atoms. The Bertz CT molecular complexity index is 684. The van der Waals surface area contributed by atoms with Crippen molar-refractivity contribution in [2.75, 3.05) is 4.72 Å². The van der Waals surface area contributed by atoms with E-state index >= 15 is 0 Å². The van der Waals surface area contributed by atoms with Crippen LogP contribution in [0.3, 0.4) is 0 Å². The third kappa shape index (κ3) is 2.68. The number of hydrogen-bond donors (Lipinski definition) is 1. The first-order valence-electron chi connectivity index (χ1n) is 4.85. The number of halogens is 2. The summed E-state index contributed by atoms with van der Waals surface area (Å²) >= 11 is 9.13. The molecule has 1 heterocycles. The van der Waals surface area contributed by atoms with E-state index < -0.39 is 10.0 Å². The number of sulfonamides is 1. The summed E-state index contributed by atoms with van der Waals surface area (Å²) in [7, 11) is -2.01. The first-order chi connectivity index (χ1) is 8.40. The molecule has 1 N–H and O–H groups in total. The van der Waals surface area contributed by atoms with Crippen molar-refractivity contribution in [1.29, 1.82) is 0 Å². The number of aryl methyl sites for hydroxylation is 1. The van der Waals surface area contributed by atoms with Crippen molar-refractivity contribution in [3.05, 3.63) is 40.1 Å². The molecular formula is C10H9BrClN3O2S. The highest BCUT2D eigenvalue weighted by Crippen LogP contribution is 2.31. The van der Waals surface area contributed by atoms with E-state index in [2.05, 4.69) is 25.8 Å². The quantitative estimate of drug-likeness (QED) is 0.925. The van der Waals surface area contributed by atoms with Gasteiger partial charge in [-0.15, -0.1) is 0 Å². The van der Waals surface area contributed by atoms with Crippen LogP contribution in [0.25, 0.3) is 0 Å². The van der Waals surface area contributed by atoms with Gasteiger partial charge in [0.15, 0.2) is 0 Å². The lowest BCUT2D eigenvalue weighted by atomic mass is 10.3. The fourth-order valence-corrected chi connectivity index (χ4v) is 3.05. The topological polar surface area (TPSA) is 64.0 Å². The van der Waals surface area contributed by atoms with Gasteiger partial charge in [0.25, 0.3) is 10.0 Å². The molecular weight excluding hydrogens is 342 g/mol. The largest absolute Gasteiger partial charge is 0.278 e. The molecule has 8 heteroatoms. The van der Waals surface area contributed by atoms with Crippen LogP contribution in [-0.4, -0.2) is 18.2 Å². The van der Waals surface area contributed by atoms with E-state index in [1.165, 1.54) is 17.1 Å². The van der Waals surface area contributed by atoms with Gasteiger partial charge in [0.05, 0.1) is 21.4 Å². The Morgan fingerprint density at radius 1 is 1.44 bits per heavy atom. The molecule has 2 aromatic rings. The van der Waals surface area contributed by atoms with Gasteiger partial charge in [-0.2, -0.15) is 5.10 Å². The lowest BCUT2D eigenvalue weighted by Crippen LogP contribution is -2.12. The van der Waals surface area contributed by atoms with Gasteiger partial charge < -0.3 is 0 Å². The summed E-state index contributed by atoms with van der Waals surface area (Å²) in [5.74, 6) is 0. The van der Waals surface area contributed by atoms with Crippen molar-refractivity contribution in [2.24, 2.45) is 7.05 Å². The number of hydrogen-bond acceptors (Lipinski definition) is 3. The highest BCUT2D eigenvalue weighted by Gasteiger charge is 2.17. The first kappa shape index (κ1) is 13.4. The maximum atomic E-state index is 12.1. The number of rotatable bonds is 3. The van der Waals surface area contributed by atoms with E-state index in [1.807, 2.05) is 0 Å². The standard InChI is InChI=1S/C10H9BrClN3O2S/c1-15-6-7(5-13-15)18(16,17)14-9-4-2-3-8(12)10(9)11/h2-6,14H,1H3. The lowest BCUT2D eigenvalue weighted by Gasteiger charge is -2.08. The zero-order valence-corrected chi connectivity index (χ0v) is 12.4. The highest BCUT2D eigenvalue weighted by atomic mass is 79.9. The summed E-state index contributed by atoms with van der Waals surface area (Å²) in [5, 5.41) is 4.26. The predicted molar refractivity (Wildman–Crippen MR) is 73.2 cm³/mol. The second-order valence-electron chi connectivity index (χ2n) is 3.56. The molecule has 0 aliphatic carbocycles. The second kappa shape index (κ2) is 4.91. The van der Waals surface area contributed by atoms with Crippen molar-refractivity contribution < 1.29 is 8.42 Å². The van der Waals surface area contributed by atoms with E-state index in [0.29, 0.717) is 15.2 Å². The molecule has 5 nitrogen and oxygen atoms in total. The Morgan fingerprint density at radius 2 is 2.17 bits per heavy atom. The van der Waals surface area contributed by atoms with Crippen LogP contribution in [-0.2, 0) is 17.1 Å². The van der Waals surface area contributed by atoms with Crippen LogP contribution >= 0.6 is 27.5 Å². The van der Waals surface area contributed by atoms with E-state index in [1.54, 1.807) is 25.2 Å². The molecule has 0 aliphatic rings. The Balaban J connectivity index is 2.37. The summed E-state index contributed by atoms with van der Waals surface area (Å²) in [4.78, 5) is 0.0943. The van der Waals surface area contributed by atoms with E-state index in [0.717, 1.165) is 0 Å². The molecule has 96 valence electrons. The zero-order valence-electron chi connectivity index (χ0n) is 9.26. The molecule has 0 unspecified atom stereocenters. The summed E-state index contributed by atoms with van der Waals surface area (Å²) in [6.07, 6.45) is 2.70. The van der Waals surface area contributed by atoms with Crippen molar-refractivity contribution in [3.63, 3.8) is 0 Å². The van der Waals surface area contributed by atoms with Crippen LogP contribution in [0.1, 0.15) is 0 Å². The summed E-state index contributed by atoms with van der Waals surface area (Å²) in [6, 6.07) is 4.94. The molecule has 0 fully saturated rings. The summed E-state index contributed by atoms with van der Waals surface area (Å²) in [5.41, 5.74) is 0.381. The maximum absolute atomic E-state index is 12.1. The number of aromatic nitrogens is 2. The molecule has 1 aromatic heterocycles. The Labute approximate surface area is 118 Å². The van der Waals surface area contributed by atoms with Gasteiger partial charge in [0.2, 0.25) is 0 Å². The summed E-state index contributed by atoms with van der Waals surface area (Å²) < 4.78 is 28.5. The van der Waals surface area contributed by atoms with Crippen LogP contribution in [0.4, 0.5) is 5.69 Å². The van der Waals surface area contributed by atoms with Gasteiger partial charge in [-0.05, 0) is 28.1 Å². The highest BCUT2D eigenvalue weighted by molar-refractivity contribution is 9.10. The molecule has 0 saturated heterocycles. The third-order valence-corrected chi connectivity index (χ3v) is 4.91. The lowest BCUT2D eigenvalue weighted by molar-refractivity contribution is 0.601. The van der Waals surface area contributed by atoms with Gasteiger partial charge in [-0.25, -0.2) is 8.42 Å². The normalized spacial score (nSPS) is 11.5. The second-order valence-corrected chi connectivity index (χ2v) is 6.44. The molecule has 0 aliphatic heterocycles. The van der Waals surface area contributed by atoms with E-state index in [9.17, 15) is 8.42 Å². The number of anilines is 1. The molecule has 0 atom stereocenters. The van der Waals surface area contributed by atoms with Crippen molar-refractivity contribution in [1.82, 2.24) is 9.78 Å². The predicted octanol–water partition coefficient (Wildman–Crippen LogP) is 2.64. The fraction of sp³-hybridized carbons (Fsp3) is 0.100. The Morgan fingerprint density at radius 3 is 2.78 bits per heavy atom. The van der Waals surface area contributed by atoms with Crippen molar-refractivity contribution in [2.45, 2.75) is 4.90 Å². The average Bonchev–Trinajstić information content (AvgIpc) is 2.72. The van der Waals surface area contributed by atoms with Crippen LogP contribution < -0.4 is 4.72 Å². The number of benzene rings is 1. The van der Waals surface area contributed by atoms with Crippen LogP contribution in [0.5, 0.6) is 0 Å². The maximum Gasteiger partial charge on any atom is 0.265 e. The summed E-state index contributed by atoms with van der Waals surface area (Å²) in [6.45, 7) is 0. The molecule has 2 rings (SSSR count). The van der Waals surface area contributed by atoms with Gasteiger partial charge >= 0.3 is 0 Å². The minimum absolute atomic E-state index is 0.0943. The Kier molecular flexibility index (Phi) is 3.65. The fourth-order valence-electron chi connectivity index (χ4n) is 1.32. The molecule has 1 aromatic carbocycles. The van der Waals surface area contributed by atoms with Crippen LogP contribution in [0, 0.1) is 0 Å². The minimum atomic E-state index is -3.65. The van der Waals surface area contributed by atoms with E-state index in [4.69, 9.17) is 11.6 Å². The third-order valence-electron chi connectivity index (χ3n) is 2.19. The number of nitrogens with one attached hydrogen (secondary N) is 1. The van der Waals surface area contributed by atoms with Gasteiger partial charge in [0.1, 0.15) is 4.90 Å². The van der Waals surface area contributed by atoms with Gasteiger partial charge in [-0.1, -0.05) is 17.7 Å².